The third kappa shape index (κ3) is 4.86. The summed E-state index contributed by atoms with van der Waals surface area (Å²) >= 11 is 3.10. The molecule has 0 amide bonds. The maximum Gasteiger partial charge on any atom is 0.573 e. The molecule has 0 aliphatic heterocycles. The fourth-order valence-corrected chi connectivity index (χ4v) is 2.06. The minimum absolute atomic E-state index is 0.0943. The fourth-order valence-electron chi connectivity index (χ4n) is 1.72. The number of phenols is 1. The molecule has 0 heterocycles. The van der Waals surface area contributed by atoms with E-state index >= 15 is 0 Å². The number of aromatic hydroxyl groups is 1. The zero-order chi connectivity index (χ0) is 15.5. The van der Waals surface area contributed by atoms with E-state index in [-0.39, 0.29) is 23.7 Å². The number of phenolic OH excluding ortho intramolecular Hbond substituents is 1. The number of rotatable bonds is 4. The molecule has 3 nitrogen and oxygen atoms in total. The van der Waals surface area contributed by atoms with Crippen molar-refractivity contribution >= 4 is 21.6 Å². The van der Waals surface area contributed by atoms with Crippen molar-refractivity contribution < 1.29 is 23.0 Å². The van der Waals surface area contributed by atoms with Gasteiger partial charge in [0.1, 0.15) is 5.75 Å². The molecule has 21 heavy (non-hydrogen) atoms. The van der Waals surface area contributed by atoms with Gasteiger partial charge in [-0.25, -0.2) is 0 Å². The first-order valence-electron chi connectivity index (χ1n) is 5.90. The van der Waals surface area contributed by atoms with E-state index < -0.39 is 6.36 Å². The molecule has 0 saturated carbocycles. The van der Waals surface area contributed by atoms with Crippen LogP contribution in [0.25, 0.3) is 0 Å². The second kappa shape index (κ2) is 6.26. The summed E-state index contributed by atoms with van der Waals surface area (Å²) in [7, 11) is 0. The Labute approximate surface area is 127 Å². The number of hydrogen-bond acceptors (Lipinski definition) is 3. The van der Waals surface area contributed by atoms with Crippen LogP contribution in [0.15, 0.2) is 46.9 Å². The summed E-state index contributed by atoms with van der Waals surface area (Å²) in [6.07, 6.45) is -4.76. The molecule has 112 valence electrons. The zero-order valence-electron chi connectivity index (χ0n) is 10.6. The van der Waals surface area contributed by atoms with Gasteiger partial charge >= 0.3 is 6.36 Å². The first-order chi connectivity index (χ1) is 9.83. The van der Waals surface area contributed by atoms with Crippen LogP contribution >= 0.6 is 15.9 Å². The van der Waals surface area contributed by atoms with E-state index in [0.29, 0.717) is 4.47 Å². The number of nitrogens with one attached hydrogen (secondary N) is 1. The molecule has 2 N–H and O–H groups in total. The van der Waals surface area contributed by atoms with E-state index in [1.54, 1.807) is 18.2 Å². The van der Waals surface area contributed by atoms with Crippen LogP contribution < -0.4 is 10.1 Å². The number of halogens is 4. The van der Waals surface area contributed by atoms with E-state index in [9.17, 15) is 18.3 Å². The highest BCUT2D eigenvalue weighted by Crippen LogP contribution is 2.33. The molecular formula is C14H11BrF3NO2. The molecule has 7 heteroatoms. The van der Waals surface area contributed by atoms with Crippen molar-refractivity contribution in [3.8, 4) is 11.5 Å². The standard InChI is InChI=1S/C14H11BrF3NO2/c15-10-4-5-12(13(7-10)21-14(16,17)18)19-8-9-2-1-3-11(20)6-9/h1-7,19-20H,8H2. The third-order valence-corrected chi connectivity index (χ3v) is 3.06. The summed E-state index contributed by atoms with van der Waals surface area (Å²) in [5.41, 5.74) is 0.940. The Morgan fingerprint density at radius 2 is 1.90 bits per heavy atom. The molecule has 2 aromatic carbocycles. The van der Waals surface area contributed by atoms with Crippen LogP contribution in [0.2, 0.25) is 0 Å². The second-order valence-electron chi connectivity index (χ2n) is 4.21. The van der Waals surface area contributed by atoms with Gasteiger partial charge in [0.15, 0.2) is 5.75 Å². The molecule has 0 saturated heterocycles. The van der Waals surface area contributed by atoms with Crippen LogP contribution in [-0.2, 0) is 6.54 Å². The largest absolute Gasteiger partial charge is 0.573 e. The number of hydrogen-bond donors (Lipinski definition) is 2. The minimum atomic E-state index is -4.76. The van der Waals surface area contributed by atoms with Crippen LogP contribution in [0.3, 0.4) is 0 Å². The molecular weight excluding hydrogens is 351 g/mol. The Morgan fingerprint density at radius 3 is 2.57 bits per heavy atom. The lowest BCUT2D eigenvalue weighted by molar-refractivity contribution is -0.274. The molecule has 0 aromatic heterocycles. The van der Waals surface area contributed by atoms with Crippen molar-refractivity contribution in [3.63, 3.8) is 0 Å². The number of alkyl halides is 3. The normalized spacial score (nSPS) is 11.2. The quantitative estimate of drug-likeness (QED) is 0.831. The van der Waals surface area contributed by atoms with E-state index in [1.165, 1.54) is 24.3 Å². The summed E-state index contributed by atoms with van der Waals surface area (Å²) < 4.78 is 41.6. The summed E-state index contributed by atoms with van der Waals surface area (Å²) in [4.78, 5) is 0. The van der Waals surface area contributed by atoms with Crippen LogP contribution in [0.5, 0.6) is 11.5 Å². The smallest absolute Gasteiger partial charge is 0.508 e. The van der Waals surface area contributed by atoms with Gasteiger partial charge in [-0.15, -0.1) is 13.2 Å². The lowest BCUT2D eigenvalue weighted by atomic mass is 10.2. The molecule has 0 radical (unpaired) electrons. The average molecular weight is 362 g/mol. The van der Waals surface area contributed by atoms with Gasteiger partial charge in [0.25, 0.3) is 0 Å². The van der Waals surface area contributed by atoms with Crippen molar-refractivity contribution in [2.45, 2.75) is 12.9 Å². The van der Waals surface area contributed by atoms with E-state index in [2.05, 4.69) is 26.0 Å². The molecule has 0 spiro atoms. The number of benzene rings is 2. The van der Waals surface area contributed by atoms with Gasteiger partial charge in [-0.05, 0) is 35.9 Å². The molecule has 0 aliphatic rings. The molecule has 0 atom stereocenters. The summed E-state index contributed by atoms with van der Waals surface area (Å²) in [6, 6.07) is 10.8. The Morgan fingerprint density at radius 1 is 1.14 bits per heavy atom. The van der Waals surface area contributed by atoms with Crippen LogP contribution in [0, 0.1) is 0 Å². The van der Waals surface area contributed by atoms with Crippen molar-refractivity contribution in [2.24, 2.45) is 0 Å². The van der Waals surface area contributed by atoms with Gasteiger partial charge in [0.2, 0.25) is 0 Å². The second-order valence-corrected chi connectivity index (χ2v) is 5.13. The zero-order valence-corrected chi connectivity index (χ0v) is 12.2. The number of anilines is 1. The summed E-state index contributed by atoms with van der Waals surface area (Å²) in [5, 5.41) is 12.2. The number of ether oxygens (including phenoxy) is 1. The molecule has 2 rings (SSSR count). The Bertz CT molecular complexity index is 632. The van der Waals surface area contributed by atoms with E-state index in [4.69, 9.17) is 0 Å². The molecule has 0 bridgehead atoms. The predicted molar refractivity (Wildman–Crippen MR) is 76.3 cm³/mol. The highest BCUT2D eigenvalue weighted by molar-refractivity contribution is 9.10. The highest BCUT2D eigenvalue weighted by atomic mass is 79.9. The molecule has 0 fully saturated rings. The Balaban J connectivity index is 2.15. The first kappa shape index (κ1) is 15.5. The van der Waals surface area contributed by atoms with Gasteiger partial charge in [0, 0.05) is 11.0 Å². The molecule has 2 aromatic rings. The van der Waals surface area contributed by atoms with Gasteiger partial charge in [-0.1, -0.05) is 28.1 Å². The van der Waals surface area contributed by atoms with E-state index in [0.717, 1.165) is 5.56 Å². The van der Waals surface area contributed by atoms with Crippen LogP contribution in [0.4, 0.5) is 18.9 Å². The minimum Gasteiger partial charge on any atom is -0.508 e. The third-order valence-electron chi connectivity index (χ3n) is 2.56. The molecule has 0 unspecified atom stereocenters. The van der Waals surface area contributed by atoms with Crippen molar-refractivity contribution in [3.05, 3.63) is 52.5 Å². The van der Waals surface area contributed by atoms with Crippen molar-refractivity contribution in [1.82, 2.24) is 0 Å². The summed E-state index contributed by atoms with van der Waals surface area (Å²) in [6.45, 7) is 0.254. The lowest BCUT2D eigenvalue weighted by Crippen LogP contribution is -2.18. The fraction of sp³-hybridized carbons (Fsp3) is 0.143. The topological polar surface area (TPSA) is 41.5 Å². The van der Waals surface area contributed by atoms with Gasteiger partial charge < -0.3 is 15.2 Å². The van der Waals surface area contributed by atoms with Gasteiger partial charge in [0.05, 0.1) is 5.69 Å². The average Bonchev–Trinajstić information content (AvgIpc) is 2.36. The maximum atomic E-state index is 12.4. The SMILES string of the molecule is Oc1cccc(CNc2ccc(Br)cc2OC(F)(F)F)c1. The maximum absolute atomic E-state index is 12.4. The predicted octanol–water partition coefficient (Wildman–Crippen LogP) is 4.67. The van der Waals surface area contributed by atoms with Crippen LogP contribution in [0.1, 0.15) is 5.56 Å². The summed E-state index contributed by atoms with van der Waals surface area (Å²) in [5.74, 6) is -0.228. The highest BCUT2D eigenvalue weighted by Gasteiger charge is 2.32. The van der Waals surface area contributed by atoms with Gasteiger partial charge in [-0.2, -0.15) is 0 Å². The lowest BCUT2D eigenvalue weighted by Gasteiger charge is -2.15. The van der Waals surface area contributed by atoms with Gasteiger partial charge in [-0.3, -0.25) is 0 Å². The van der Waals surface area contributed by atoms with E-state index in [1.807, 2.05) is 0 Å². The van der Waals surface area contributed by atoms with Crippen molar-refractivity contribution in [1.29, 1.82) is 0 Å². The monoisotopic (exact) mass is 361 g/mol. The first-order valence-corrected chi connectivity index (χ1v) is 6.70. The molecule has 0 aliphatic carbocycles. The van der Waals surface area contributed by atoms with Crippen molar-refractivity contribution in [2.75, 3.05) is 5.32 Å². The Kier molecular flexibility index (Phi) is 4.62. The van der Waals surface area contributed by atoms with Crippen LogP contribution in [-0.4, -0.2) is 11.5 Å². The Hall–Kier alpha value is -1.89.